The van der Waals surface area contributed by atoms with E-state index in [0.29, 0.717) is 30.3 Å². The number of carbonyl (C=O) groups excluding carboxylic acids is 1. The van der Waals surface area contributed by atoms with Gasteiger partial charge in [-0.05, 0) is 37.3 Å². The summed E-state index contributed by atoms with van der Waals surface area (Å²) in [6.45, 7) is 2.96. The quantitative estimate of drug-likeness (QED) is 0.518. The third-order valence-electron chi connectivity index (χ3n) is 4.81. The highest BCUT2D eigenvalue weighted by atomic mass is 32.1. The molecule has 4 aromatic rings. The molecule has 0 fully saturated rings. The van der Waals surface area contributed by atoms with Gasteiger partial charge in [-0.25, -0.2) is 9.37 Å². The summed E-state index contributed by atoms with van der Waals surface area (Å²) in [5, 5.41) is 17.3. The fraction of sp³-hybridized carbons (Fsp3) is 0.222. The molecule has 0 aliphatic carbocycles. The molecule has 1 amide bonds. The highest BCUT2D eigenvalue weighted by Gasteiger charge is 2.32. The van der Waals surface area contributed by atoms with Gasteiger partial charge in [-0.2, -0.15) is 5.10 Å². The van der Waals surface area contributed by atoms with Gasteiger partial charge in [0.25, 0.3) is 5.91 Å². The van der Waals surface area contributed by atoms with Crippen LogP contribution in [0.15, 0.2) is 36.5 Å². The lowest BCUT2D eigenvalue weighted by atomic mass is 10.1. The largest absolute Gasteiger partial charge is 0.327 e. The molecule has 3 aromatic heterocycles. The number of halogens is 1. The summed E-state index contributed by atoms with van der Waals surface area (Å²) in [4.78, 5) is 19.9. The van der Waals surface area contributed by atoms with Gasteiger partial charge in [0.15, 0.2) is 21.5 Å². The summed E-state index contributed by atoms with van der Waals surface area (Å²) in [5.74, 6) is 0.840. The van der Waals surface area contributed by atoms with Gasteiger partial charge in [-0.1, -0.05) is 11.3 Å². The molecule has 0 bridgehead atoms. The van der Waals surface area contributed by atoms with Crippen LogP contribution in [-0.4, -0.2) is 47.3 Å². The molecule has 0 N–H and O–H groups in total. The Kier molecular flexibility index (Phi) is 3.86. The number of thiazole rings is 1. The van der Waals surface area contributed by atoms with Gasteiger partial charge in [0.05, 0.1) is 12.2 Å². The van der Waals surface area contributed by atoms with E-state index in [-0.39, 0.29) is 17.8 Å². The molecule has 10 heteroatoms. The zero-order valence-corrected chi connectivity index (χ0v) is 15.6. The third-order valence-corrected chi connectivity index (χ3v) is 5.76. The van der Waals surface area contributed by atoms with Gasteiger partial charge in [0, 0.05) is 18.7 Å². The van der Waals surface area contributed by atoms with Crippen molar-refractivity contribution in [3.05, 3.63) is 53.7 Å². The molecule has 4 heterocycles. The fourth-order valence-electron chi connectivity index (χ4n) is 3.37. The van der Waals surface area contributed by atoms with Gasteiger partial charge in [-0.15, -0.1) is 15.3 Å². The van der Waals surface area contributed by atoms with E-state index in [4.69, 9.17) is 0 Å². The second-order valence-corrected chi connectivity index (χ2v) is 7.43. The topological polar surface area (TPSA) is 89.7 Å². The van der Waals surface area contributed by atoms with Crippen molar-refractivity contribution in [1.29, 1.82) is 0 Å². The molecule has 0 saturated carbocycles. The first-order valence-electron chi connectivity index (χ1n) is 8.70. The average Bonchev–Trinajstić information content (AvgIpc) is 3.32. The summed E-state index contributed by atoms with van der Waals surface area (Å²) < 4.78 is 15.1. The van der Waals surface area contributed by atoms with Crippen LogP contribution in [0, 0.1) is 5.82 Å². The van der Waals surface area contributed by atoms with Crippen LogP contribution in [-0.2, 0) is 6.54 Å². The van der Waals surface area contributed by atoms with Gasteiger partial charge in [0.1, 0.15) is 11.3 Å². The molecule has 0 spiro atoms. The first-order valence-corrected chi connectivity index (χ1v) is 9.51. The van der Waals surface area contributed by atoms with E-state index in [2.05, 4.69) is 25.4 Å². The summed E-state index contributed by atoms with van der Waals surface area (Å²) >= 11 is 1.41. The van der Waals surface area contributed by atoms with Crippen molar-refractivity contribution in [3.8, 4) is 10.8 Å². The first kappa shape index (κ1) is 16.9. The van der Waals surface area contributed by atoms with E-state index in [9.17, 15) is 9.18 Å². The molecule has 1 aromatic carbocycles. The molecule has 8 nitrogen and oxygen atoms in total. The smallest absolute Gasteiger partial charge is 0.254 e. The van der Waals surface area contributed by atoms with Gasteiger partial charge in [-0.3, -0.25) is 4.79 Å². The molecular formula is C18H14FN7OS. The Labute approximate surface area is 162 Å². The lowest BCUT2D eigenvalue weighted by Crippen LogP contribution is -2.41. The number of nitrogens with zero attached hydrogens (tertiary/aromatic N) is 7. The Balaban J connectivity index is 1.47. The monoisotopic (exact) mass is 395 g/mol. The van der Waals surface area contributed by atoms with Gasteiger partial charge < -0.3 is 9.47 Å². The predicted octanol–water partition coefficient (Wildman–Crippen LogP) is 2.70. The molecule has 1 aliphatic rings. The second kappa shape index (κ2) is 6.41. The van der Waals surface area contributed by atoms with Crippen LogP contribution in [0.25, 0.3) is 21.2 Å². The van der Waals surface area contributed by atoms with Crippen molar-refractivity contribution in [2.24, 2.45) is 0 Å². The minimum atomic E-state index is -0.367. The molecule has 0 unspecified atom stereocenters. The molecule has 28 heavy (non-hydrogen) atoms. The second-order valence-electron chi connectivity index (χ2n) is 6.46. The van der Waals surface area contributed by atoms with E-state index in [1.165, 1.54) is 35.6 Å². The zero-order valence-electron chi connectivity index (χ0n) is 14.8. The normalized spacial score (nSPS) is 16.4. The average molecular weight is 395 g/mol. The number of aromatic nitrogens is 6. The number of hydrogen-bond acceptors (Lipinski definition) is 7. The maximum Gasteiger partial charge on any atom is 0.254 e. The molecule has 5 rings (SSSR count). The number of benzene rings is 1. The Morgan fingerprint density at radius 2 is 1.96 bits per heavy atom. The van der Waals surface area contributed by atoms with Crippen LogP contribution >= 0.6 is 11.3 Å². The zero-order chi connectivity index (χ0) is 19.3. The van der Waals surface area contributed by atoms with Crippen molar-refractivity contribution < 1.29 is 9.18 Å². The van der Waals surface area contributed by atoms with Crippen LogP contribution in [0.3, 0.4) is 0 Å². The number of amides is 1. The first-order chi connectivity index (χ1) is 13.6. The number of carbonyl (C=O) groups is 1. The fourth-order valence-corrected chi connectivity index (χ4v) is 4.24. The number of rotatable bonds is 2. The Hall–Kier alpha value is -3.27. The molecule has 1 aliphatic heterocycles. The van der Waals surface area contributed by atoms with Crippen molar-refractivity contribution >= 4 is 27.6 Å². The van der Waals surface area contributed by atoms with Crippen LogP contribution in [0.1, 0.15) is 29.1 Å². The molecule has 140 valence electrons. The van der Waals surface area contributed by atoms with Gasteiger partial charge in [0.2, 0.25) is 0 Å². The molecule has 0 radical (unpaired) electrons. The maximum atomic E-state index is 13.1. The highest BCUT2D eigenvalue weighted by Crippen LogP contribution is 2.32. The van der Waals surface area contributed by atoms with Crippen LogP contribution < -0.4 is 0 Å². The predicted molar refractivity (Wildman–Crippen MR) is 100 cm³/mol. The van der Waals surface area contributed by atoms with E-state index in [1.807, 2.05) is 17.6 Å². The maximum absolute atomic E-state index is 13.1. The summed E-state index contributed by atoms with van der Waals surface area (Å²) in [6, 6.07) is 7.12. The molecule has 1 atom stereocenters. The lowest BCUT2D eigenvalue weighted by Gasteiger charge is -2.33. The molecule has 0 saturated heterocycles. The van der Waals surface area contributed by atoms with Crippen LogP contribution in [0.5, 0.6) is 0 Å². The van der Waals surface area contributed by atoms with Crippen LogP contribution in [0.4, 0.5) is 4.39 Å². The van der Waals surface area contributed by atoms with Crippen molar-refractivity contribution in [3.63, 3.8) is 0 Å². The van der Waals surface area contributed by atoms with E-state index in [0.717, 1.165) is 15.4 Å². The van der Waals surface area contributed by atoms with E-state index < -0.39 is 0 Å². The Morgan fingerprint density at radius 3 is 2.75 bits per heavy atom. The minimum Gasteiger partial charge on any atom is -0.327 e. The van der Waals surface area contributed by atoms with E-state index in [1.54, 1.807) is 11.1 Å². The Bertz CT molecular complexity index is 1150. The highest BCUT2D eigenvalue weighted by molar-refractivity contribution is 7.21. The number of fused-ring (bicyclic) bond motifs is 2. The Morgan fingerprint density at radius 1 is 1.14 bits per heavy atom. The number of hydrogen-bond donors (Lipinski definition) is 0. The molecular weight excluding hydrogens is 381 g/mol. The van der Waals surface area contributed by atoms with Crippen LogP contribution in [0.2, 0.25) is 0 Å². The summed E-state index contributed by atoms with van der Waals surface area (Å²) in [5.41, 5.74) is 1.22. The van der Waals surface area contributed by atoms with Crippen molar-refractivity contribution in [2.75, 3.05) is 6.54 Å². The minimum absolute atomic E-state index is 0.154. The SMILES string of the molecule is C[C@@H]1c2nnc(-c3nc4ccnnc4s3)n2CCN1C(=O)c1ccc(F)cc1. The summed E-state index contributed by atoms with van der Waals surface area (Å²) in [7, 11) is 0. The van der Waals surface area contributed by atoms with Crippen molar-refractivity contribution in [1.82, 2.24) is 34.8 Å². The summed E-state index contributed by atoms with van der Waals surface area (Å²) in [6.07, 6.45) is 1.60. The van der Waals surface area contributed by atoms with E-state index >= 15 is 0 Å². The van der Waals surface area contributed by atoms with Crippen molar-refractivity contribution in [2.45, 2.75) is 19.5 Å². The lowest BCUT2D eigenvalue weighted by molar-refractivity contribution is 0.0638. The third kappa shape index (κ3) is 2.64. The van der Waals surface area contributed by atoms with Gasteiger partial charge >= 0.3 is 0 Å². The standard InChI is InChI=1S/C18H14FN7OS/c1-10-14-22-23-15(17-21-13-6-7-20-24-16(13)28-17)26(14)9-8-25(10)18(27)11-2-4-12(19)5-3-11/h2-7,10H,8-9H2,1H3/t10-/m1/s1.